The van der Waals surface area contributed by atoms with Gasteiger partial charge in [-0.05, 0) is 36.8 Å². The molecule has 1 heterocycles. The lowest BCUT2D eigenvalue weighted by atomic mass is 10.0. The van der Waals surface area contributed by atoms with Crippen LogP contribution >= 0.6 is 0 Å². The fourth-order valence-corrected chi connectivity index (χ4v) is 3.14. The van der Waals surface area contributed by atoms with Crippen LogP contribution in [0.25, 0.3) is 0 Å². The van der Waals surface area contributed by atoms with Crippen molar-refractivity contribution in [3.05, 3.63) is 65.2 Å². The summed E-state index contributed by atoms with van der Waals surface area (Å²) in [7, 11) is 0. The highest BCUT2D eigenvalue weighted by Crippen LogP contribution is 2.34. The molecule has 0 saturated carbocycles. The maximum atomic E-state index is 13.2. The minimum Gasteiger partial charge on any atom is -0.346 e. The van der Waals surface area contributed by atoms with E-state index in [0.29, 0.717) is 0 Å². The summed E-state index contributed by atoms with van der Waals surface area (Å²) in [6.07, 6.45) is -4.31. The van der Waals surface area contributed by atoms with Gasteiger partial charge in [-0.3, -0.25) is 19.3 Å². The van der Waals surface area contributed by atoms with Gasteiger partial charge < -0.3 is 5.32 Å². The molecule has 0 aromatic heterocycles. The van der Waals surface area contributed by atoms with E-state index in [4.69, 9.17) is 0 Å². The topological polar surface area (TPSA) is 66.5 Å². The van der Waals surface area contributed by atoms with Crippen LogP contribution in [0.3, 0.4) is 0 Å². The van der Waals surface area contributed by atoms with Crippen molar-refractivity contribution in [2.24, 2.45) is 0 Å². The average molecular weight is 390 g/mol. The quantitative estimate of drug-likeness (QED) is 0.807. The molecule has 1 fully saturated rings. The number of hydrogen-bond donors (Lipinski definition) is 1. The van der Waals surface area contributed by atoms with Crippen LogP contribution in [-0.4, -0.2) is 17.7 Å². The zero-order valence-corrected chi connectivity index (χ0v) is 14.9. The lowest BCUT2D eigenvalue weighted by molar-refractivity contribution is -0.138. The number of carbonyl (C=O) groups is 3. The number of imide groups is 1. The highest BCUT2D eigenvalue weighted by molar-refractivity contribution is 6.20. The second-order valence-corrected chi connectivity index (χ2v) is 6.45. The van der Waals surface area contributed by atoms with Gasteiger partial charge in [0.05, 0.1) is 17.3 Å². The fraction of sp³-hybridized carbons (Fsp3) is 0.250. The van der Waals surface area contributed by atoms with Crippen LogP contribution < -0.4 is 10.2 Å². The normalized spacial score (nSPS) is 15.6. The molecule has 146 valence electrons. The molecule has 2 aromatic rings. The summed E-state index contributed by atoms with van der Waals surface area (Å²) in [6.45, 7) is 1.46. The SMILES string of the molecule is CC(NC(=O)c1cccc(N2C(=O)CCC2=O)c1)c1ccccc1C(F)(F)F. The molecular formula is C20H17F3N2O3. The molecule has 28 heavy (non-hydrogen) atoms. The molecule has 1 atom stereocenters. The van der Waals surface area contributed by atoms with Crippen molar-refractivity contribution in [3.8, 4) is 0 Å². The van der Waals surface area contributed by atoms with Gasteiger partial charge in [0.25, 0.3) is 5.91 Å². The number of amides is 3. The van der Waals surface area contributed by atoms with Gasteiger partial charge in [0, 0.05) is 18.4 Å². The minimum absolute atomic E-state index is 0.0515. The maximum absolute atomic E-state index is 13.2. The molecule has 3 amide bonds. The Balaban J connectivity index is 1.82. The van der Waals surface area contributed by atoms with E-state index in [9.17, 15) is 27.6 Å². The number of rotatable bonds is 4. The third-order valence-corrected chi connectivity index (χ3v) is 4.50. The van der Waals surface area contributed by atoms with Crippen molar-refractivity contribution in [3.63, 3.8) is 0 Å². The largest absolute Gasteiger partial charge is 0.416 e. The molecule has 2 aromatic carbocycles. The van der Waals surface area contributed by atoms with Crippen LogP contribution in [0.5, 0.6) is 0 Å². The Kier molecular flexibility index (Phi) is 5.22. The van der Waals surface area contributed by atoms with Gasteiger partial charge >= 0.3 is 6.18 Å². The first kappa shape index (κ1) is 19.6. The standard InChI is InChI=1S/C20H17F3N2O3/c1-12(15-7-2-3-8-16(15)20(21,22)23)24-19(28)13-5-4-6-14(11-13)25-17(26)9-10-18(25)27/h2-8,11-12H,9-10H2,1H3,(H,24,28). The first-order chi connectivity index (χ1) is 13.2. The Morgan fingerprint density at radius 2 is 1.68 bits per heavy atom. The number of nitrogens with one attached hydrogen (secondary N) is 1. The number of benzene rings is 2. The number of hydrogen-bond acceptors (Lipinski definition) is 3. The van der Waals surface area contributed by atoms with Crippen LogP contribution in [-0.2, 0) is 15.8 Å². The molecule has 8 heteroatoms. The second kappa shape index (κ2) is 7.46. The number of anilines is 1. The zero-order chi connectivity index (χ0) is 20.5. The molecule has 1 aliphatic heterocycles. The number of carbonyl (C=O) groups excluding carboxylic acids is 3. The van der Waals surface area contributed by atoms with E-state index in [-0.39, 0.29) is 41.5 Å². The molecule has 5 nitrogen and oxygen atoms in total. The first-order valence-corrected chi connectivity index (χ1v) is 8.61. The zero-order valence-electron chi connectivity index (χ0n) is 14.9. The Morgan fingerprint density at radius 3 is 2.32 bits per heavy atom. The smallest absolute Gasteiger partial charge is 0.346 e. The van der Waals surface area contributed by atoms with Crippen molar-refractivity contribution in [2.45, 2.75) is 32.0 Å². The van der Waals surface area contributed by atoms with Gasteiger partial charge in [0.2, 0.25) is 11.8 Å². The number of halogens is 3. The summed E-state index contributed by atoms with van der Waals surface area (Å²) < 4.78 is 39.6. The lowest BCUT2D eigenvalue weighted by Crippen LogP contribution is -2.30. The maximum Gasteiger partial charge on any atom is 0.416 e. The van der Waals surface area contributed by atoms with E-state index < -0.39 is 23.7 Å². The Labute approximate surface area is 159 Å². The highest BCUT2D eigenvalue weighted by Gasteiger charge is 2.34. The average Bonchev–Trinajstić information content (AvgIpc) is 2.99. The predicted molar refractivity (Wildman–Crippen MR) is 95.5 cm³/mol. The van der Waals surface area contributed by atoms with Crippen LogP contribution in [0.1, 0.15) is 47.3 Å². The van der Waals surface area contributed by atoms with Crippen LogP contribution in [0, 0.1) is 0 Å². The number of nitrogens with zero attached hydrogens (tertiary/aromatic N) is 1. The van der Waals surface area contributed by atoms with Gasteiger partial charge in [-0.15, -0.1) is 0 Å². The van der Waals surface area contributed by atoms with Crippen molar-refractivity contribution < 1.29 is 27.6 Å². The van der Waals surface area contributed by atoms with Gasteiger partial charge in [-0.25, -0.2) is 0 Å². The number of alkyl halides is 3. The van der Waals surface area contributed by atoms with Crippen molar-refractivity contribution in [2.75, 3.05) is 4.90 Å². The van der Waals surface area contributed by atoms with Gasteiger partial charge in [-0.1, -0.05) is 24.3 Å². The molecule has 1 aliphatic rings. The fourth-order valence-electron chi connectivity index (χ4n) is 3.14. The Morgan fingerprint density at radius 1 is 1.04 bits per heavy atom. The summed E-state index contributed by atoms with van der Waals surface area (Å²) in [5, 5.41) is 2.54. The van der Waals surface area contributed by atoms with Gasteiger partial charge in [0.1, 0.15) is 0 Å². The van der Waals surface area contributed by atoms with E-state index in [1.165, 1.54) is 49.4 Å². The summed E-state index contributed by atoms with van der Waals surface area (Å²) in [6, 6.07) is 10.0. The van der Waals surface area contributed by atoms with E-state index in [1.54, 1.807) is 0 Å². The molecule has 0 aliphatic carbocycles. The van der Waals surface area contributed by atoms with Crippen molar-refractivity contribution in [1.29, 1.82) is 0 Å². The third kappa shape index (κ3) is 3.90. The van der Waals surface area contributed by atoms with Gasteiger partial charge in [0.15, 0.2) is 0 Å². The van der Waals surface area contributed by atoms with Gasteiger partial charge in [-0.2, -0.15) is 13.2 Å². The third-order valence-electron chi connectivity index (χ3n) is 4.50. The summed E-state index contributed by atoms with van der Waals surface area (Å²) in [5.41, 5.74) is -0.459. The van der Waals surface area contributed by atoms with Crippen molar-refractivity contribution >= 4 is 23.4 Å². The first-order valence-electron chi connectivity index (χ1n) is 8.61. The van der Waals surface area contributed by atoms with Crippen LogP contribution in [0.2, 0.25) is 0 Å². The predicted octanol–water partition coefficient (Wildman–Crippen LogP) is 3.85. The molecule has 0 radical (unpaired) electrons. The monoisotopic (exact) mass is 390 g/mol. The Hall–Kier alpha value is -3.16. The molecular weight excluding hydrogens is 373 g/mol. The Bertz CT molecular complexity index is 924. The van der Waals surface area contributed by atoms with E-state index in [2.05, 4.69) is 5.32 Å². The molecule has 1 N–H and O–H groups in total. The lowest BCUT2D eigenvalue weighted by Gasteiger charge is -2.20. The summed E-state index contributed by atoms with van der Waals surface area (Å²) in [4.78, 5) is 37.3. The highest BCUT2D eigenvalue weighted by atomic mass is 19.4. The second-order valence-electron chi connectivity index (χ2n) is 6.45. The van der Waals surface area contributed by atoms with E-state index in [0.717, 1.165) is 11.0 Å². The molecule has 1 saturated heterocycles. The van der Waals surface area contributed by atoms with Crippen LogP contribution in [0.15, 0.2) is 48.5 Å². The minimum atomic E-state index is -4.54. The van der Waals surface area contributed by atoms with Crippen LogP contribution in [0.4, 0.5) is 18.9 Å². The summed E-state index contributed by atoms with van der Waals surface area (Å²) in [5.74, 6) is -1.31. The van der Waals surface area contributed by atoms with E-state index >= 15 is 0 Å². The molecule has 0 bridgehead atoms. The molecule has 1 unspecified atom stereocenters. The van der Waals surface area contributed by atoms with Crippen molar-refractivity contribution in [1.82, 2.24) is 5.32 Å². The molecule has 3 rings (SSSR count). The molecule has 0 spiro atoms. The van der Waals surface area contributed by atoms with E-state index in [1.807, 2.05) is 0 Å². The summed E-state index contributed by atoms with van der Waals surface area (Å²) >= 11 is 0.